The fourth-order valence-corrected chi connectivity index (χ4v) is 1.78. The lowest BCUT2D eigenvalue weighted by molar-refractivity contribution is 0.0841. The first-order chi connectivity index (χ1) is 10.6. The van der Waals surface area contributed by atoms with Crippen molar-refractivity contribution in [3.63, 3.8) is 0 Å². The van der Waals surface area contributed by atoms with E-state index in [9.17, 15) is 19.4 Å². The van der Waals surface area contributed by atoms with Crippen molar-refractivity contribution in [3.05, 3.63) is 59.9 Å². The standard InChI is InChI=1S/C16H16FNO4/c17-11-4-3-5-13(8-11)22-10-12(19)9-18-16(21)14-6-1-2-7-15(14)20/h1-8,12,19-20H,9-10H2,(H,18,21). The van der Waals surface area contributed by atoms with Crippen LogP contribution in [0.25, 0.3) is 0 Å². The highest BCUT2D eigenvalue weighted by molar-refractivity contribution is 5.96. The number of halogens is 1. The third-order valence-electron chi connectivity index (χ3n) is 2.89. The zero-order chi connectivity index (χ0) is 15.9. The summed E-state index contributed by atoms with van der Waals surface area (Å²) in [6, 6.07) is 11.7. The zero-order valence-corrected chi connectivity index (χ0v) is 11.7. The molecule has 0 saturated heterocycles. The van der Waals surface area contributed by atoms with E-state index < -0.39 is 17.8 Å². The maximum absolute atomic E-state index is 12.9. The molecule has 0 radical (unpaired) electrons. The summed E-state index contributed by atoms with van der Waals surface area (Å²) in [5.41, 5.74) is 0.126. The highest BCUT2D eigenvalue weighted by Gasteiger charge is 2.12. The number of phenolic OH excluding ortho intramolecular Hbond substituents is 1. The third-order valence-corrected chi connectivity index (χ3v) is 2.89. The van der Waals surface area contributed by atoms with Crippen LogP contribution in [-0.2, 0) is 0 Å². The van der Waals surface area contributed by atoms with Crippen LogP contribution in [0.2, 0.25) is 0 Å². The van der Waals surface area contributed by atoms with Crippen molar-refractivity contribution in [2.45, 2.75) is 6.10 Å². The van der Waals surface area contributed by atoms with Crippen molar-refractivity contribution < 1.29 is 24.1 Å². The molecule has 0 fully saturated rings. The number of para-hydroxylation sites is 1. The minimum absolute atomic E-state index is 0.0531. The number of phenols is 1. The fourth-order valence-electron chi connectivity index (χ4n) is 1.78. The summed E-state index contributed by atoms with van der Waals surface area (Å²) >= 11 is 0. The van der Waals surface area contributed by atoms with Gasteiger partial charge in [-0.25, -0.2) is 4.39 Å². The molecular weight excluding hydrogens is 289 g/mol. The normalized spacial score (nSPS) is 11.7. The van der Waals surface area contributed by atoms with Crippen LogP contribution in [0.15, 0.2) is 48.5 Å². The first-order valence-electron chi connectivity index (χ1n) is 6.69. The lowest BCUT2D eigenvalue weighted by atomic mass is 10.2. The number of nitrogens with one attached hydrogen (secondary N) is 1. The molecule has 0 spiro atoms. The van der Waals surface area contributed by atoms with Crippen LogP contribution in [0, 0.1) is 5.82 Å². The molecule has 1 atom stereocenters. The molecule has 0 aromatic heterocycles. The number of amides is 1. The molecule has 6 heteroatoms. The molecule has 0 saturated carbocycles. The van der Waals surface area contributed by atoms with Crippen LogP contribution in [0.1, 0.15) is 10.4 Å². The van der Waals surface area contributed by atoms with Gasteiger partial charge in [-0.1, -0.05) is 18.2 Å². The Labute approximate surface area is 127 Å². The Balaban J connectivity index is 1.79. The van der Waals surface area contributed by atoms with Gasteiger partial charge >= 0.3 is 0 Å². The van der Waals surface area contributed by atoms with Gasteiger partial charge in [-0.15, -0.1) is 0 Å². The first-order valence-corrected chi connectivity index (χ1v) is 6.69. The molecule has 0 aliphatic heterocycles. The van der Waals surface area contributed by atoms with Gasteiger partial charge in [-0.2, -0.15) is 0 Å². The van der Waals surface area contributed by atoms with Gasteiger partial charge in [0.25, 0.3) is 5.91 Å². The molecule has 0 aliphatic rings. The number of hydrogen-bond donors (Lipinski definition) is 3. The molecule has 116 valence electrons. The summed E-state index contributed by atoms with van der Waals surface area (Å²) in [5.74, 6) is -0.765. The van der Waals surface area contributed by atoms with Crippen LogP contribution < -0.4 is 10.1 Å². The summed E-state index contributed by atoms with van der Waals surface area (Å²) < 4.78 is 18.2. The third kappa shape index (κ3) is 4.46. The Morgan fingerprint density at radius 1 is 1.23 bits per heavy atom. The number of aromatic hydroxyl groups is 1. The van der Waals surface area contributed by atoms with Crippen molar-refractivity contribution in [1.29, 1.82) is 0 Å². The van der Waals surface area contributed by atoms with E-state index in [-0.39, 0.29) is 24.5 Å². The summed E-state index contributed by atoms with van der Waals surface area (Å²) in [6.45, 7) is -0.146. The minimum atomic E-state index is -0.960. The molecule has 3 N–H and O–H groups in total. The van der Waals surface area contributed by atoms with Crippen LogP contribution in [-0.4, -0.2) is 35.4 Å². The highest BCUT2D eigenvalue weighted by Crippen LogP contribution is 2.15. The Morgan fingerprint density at radius 3 is 2.73 bits per heavy atom. The average molecular weight is 305 g/mol. The van der Waals surface area contributed by atoms with Crippen molar-refractivity contribution >= 4 is 5.91 Å². The molecule has 22 heavy (non-hydrogen) atoms. The van der Waals surface area contributed by atoms with Crippen LogP contribution in [0.5, 0.6) is 11.5 Å². The second-order valence-corrected chi connectivity index (χ2v) is 4.65. The number of carbonyl (C=O) groups excluding carboxylic acids is 1. The summed E-state index contributed by atoms with van der Waals surface area (Å²) in [7, 11) is 0. The molecule has 0 heterocycles. The Morgan fingerprint density at radius 2 is 2.00 bits per heavy atom. The van der Waals surface area contributed by atoms with Crippen LogP contribution >= 0.6 is 0 Å². The number of rotatable bonds is 6. The van der Waals surface area contributed by atoms with Gasteiger partial charge in [0, 0.05) is 12.6 Å². The largest absolute Gasteiger partial charge is 0.507 e. The Kier molecular flexibility index (Phi) is 5.32. The van der Waals surface area contributed by atoms with E-state index in [0.29, 0.717) is 5.75 Å². The Hall–Kier alpha value is -2.60. The smallest absolute Gasteiger partial charge is 0.255 e. The lowest BCUT2D eigenvalue weighted by Crippen LogP contribution is -2.35. The van der Waals surface area contributed by atoms with Gasteiger partial charge in [0.1, 0.15) is 30.0 Å². The molecule has 0 bridgehead atoms. The zero-order valence-electron chi connectivity index (χ0n) is 11.7. The van der Waals surface area contributed by atoms with Gasteiger partial charge in [0.2, 0.25) is 0 Å². The number of aliphatic hydroxyl groups excluding tert-OH is 1. The van der Waals surface area contributed by atoms with Gasteiger partial charge in [-0.3, -0.25) is 4.79 Å². The quantitative estimate of drug-likeness (QED) is 0.759. The van der Waals surface area contributed by atoms with Crippen molar-refractivity contribution in [2.24, 2.45) is 0 Å². The number of carbonyl (C=O) groups is 1. The topological polar surface area (TPSA) is 78.8 Å². The fraction of sp³-hybridized carbons (Fsp3) is 0.188. The SMILES string of the molecule is O=C(NCC(O)COc1cccc(F)c1)c1ccccc1O. The van der Waals surface area contributed by atoms with Crippen LogP contribution in [0.3, 0.4) is 0 Å². The number of ether oxygens (including phenoxy) is 1. The summed E-state index contributed by atoms with van der Waals surface area (Å²) in [5, 5.41) is 21.8. The first kappa shape index (κ1) is 15.8. The number of benzene rings is 2. The highest BCUT2D eigenvalue weighted by atomic mass is 19.1. The molecule has 1 unspecified atom stereocenters. The van der Waals surface area contributed by atoms with E-state index in [2.05, 4.69) is 5.32 Å². The maximum Gasteiger partial charge on any atom is 0.255 e. The van der Waals surface area contributed by atoms with Gasteiger partial charge < -0.3 is 20.3 Å². The number of hydrogen-bond acceptors (Lipinski definition) is 4. The summed E-state index contributed by atoms with van der Waals surface area (Å²) in [6.07, 6.45) is -0.960. The molecule has 0 aliphatic carbocycles. The van der Waals surface area contributed by atoms with Crippen molar-refractivity contribution in [3.8, 4) is 11.5 Å². The van der Waals surface area contributed by atoms with E-state index in [1.54, 1.807) is 18.2 Å². The molecule has 5 nitrogen and oxygen atoms in total. The van der Waals surface area contributed by atoms with Gasteiger partial charge in [0.05, 0.1) is 5.56 Å². The average Bonchev–Trinajstić information content (AvgIpc) is 2.51. The predicted octanol–water partition coefficient (Wildman–Crippen LogP) is 1.70. The van der Waals surface area contributed by atoms with Crippen molar-refractivity contribution in [2.75, 3.05) is 13.2 Å². The maximum atomic E-state index is 12.9. The molecular formula is C16H16FNO4. The molecule has 2 aromatic carbocycles. The second-order valence-electron chi connectivity index (χ2n) is 4.65. The second kappa shape index (κ2) is 7.42. The van der Waals surface area contributed by atoms with E-state index >= 15 is 0 Å². The molecule has 2 aromatic rings. The van der Waals surface area contributed by atoms with E-state index in [1.807, 2.05) is 0 Å². The Bertz CT molecular complexity index is 648. The van der Waals surface area contributed by atoms with E-state index in [4.69, 9.17) is 4.74 Å². The van der Waals surface area contributed by atoms with Crippen LogP contribution in [0.4, 0.5) is 4.39 Å². The predicted molar refractivity (Wildman–Crippen MR) is 78.3 cm³/mol. The van der Waals surface area contributed by atoms with Gasteiger partial charge in [-0.05, 0) is 24.3 Å². The number of aliphatic hydroxyl groups is 1. The molecule has 1 amide bonds. The van der Waals surface area contributed by atoms with Crippen molar-refractivity contribution in [1.82, 2.24) is 5.32 Å². The lowest BCUT2D eigenvalue weighted by Gasteiger charge is -2.13. The monoisotopic (exact) mass is 305 g/mol. The minimum Gasteiger partial charge on any atom is -0.507 e. The van der Waals surface area contributed by atoms with Gasteiger partial charge in [0.15, 0.2) is 0 Å². The van der Waals surface area contributed by atoms with E-state index in [0.717, 1.165) is 0 Å². The molecule has 2 rings (SSSR count). The van der Waals surface area contributed by atoms with E-state index in [1.165, 1.54) is 30.3 Å². The summed E-state index contributed by atoms with van der Waals surface area (Å²) in [4.78, 5) is 11.8.